The number of carbonyl (C=O) groups excluding carboxylic acids is 2. The minimum absolute atomic E-state index is 0.109. The second-order valence-electron chi connectivity index (χ2n) is 5.98. The van der Waals surface area contributed by atoms with Gasteiger partial charge in [0, 0.05) is 28.6 Å². The molecule has 2 atom stereocenters. The molecule has 0 aromatic carbocycles. The lowest BCUT2D eigenvalue weighted by Gasteiger charge is -2.29. The summed E-state index contributed by atoms with van der Waals surface area (Å²) >= 11 is 1.63. The Kier molecular flexibility index (Phi) is 4.80. The first-order chi connectivity index (χ1) is 11.5. The highest BCUT2D eigenvalue weighted by Gasteiger charge is 2.30. The van der Waals surface area contributed by atoms with E-state index in [4.69, 9.17) is 0 Å². The van der Waals surface area contributed by atoms with E-state index in [1.165, 1.54) is 4.88 Å². The lowest BCUT2D eigenvalue weighted by Crippen LogP contribution is -2.55. The van der Waals surface area contributed by atoms with Crippen LogP contribution in [0.3, 0.4) is 0 Å². The van der Waals surface area contributed by atoms with Crippen LogP contribution in [0.1, 0.15) is 18.2 Å². The van der Waals surface area contributed by atoms with E-state index >= 15 is 0 Å². The van der Waals surface area contributed by atoms with Crippen molar-refractivity contribution in [1.82, 2.24) is 15.6 Å². The van der Waals surface area contributed by atoms with Crippen molar-refractivity contribution in [2.24, 2.45) is 5.92 Å². The van der Waals surface area contributed by atoms with E-state index in [0.717, 1.165) is 17.7 Å². The van der Waals surface area contributed by atoms with Crippen LogP contribution in [0.15, 0.2) is 29.8 Å². The third kappa shape index (κ3) is 3.56. The molecule has 2 aromatic heterocycles. The number of hydrogen-bond donors (Lipinski definition) is 3. The van der Waals surface area contributed by atoms with Gasteiger partial charge in [0.15, 0.2) is 0 Å². The molecule has 0 radical (unpaired) electrons. The Hall–Kier alpha value is -2.41. The highest BCUT2D eigenvalue weighted by molar-refractivity contribution is 7.10. The molecule has 0 aliphatic carbocycles. The van der Waals surface area contributed by atoms with Crippen molar-refractivity contribution in [2.45, 2.75) is 26.3 Å². The number of amides is 3. The summed E-state index contributed by atoms with van der Waals surface area (Å²) in [6.45, 7) is 4.65. The highest BCUT2D eigenvalue weighted by atomic mass is 32.1. The van der Waals surface area contributed by atoms with Gasteiger partial charge in [-0.15, -0.1) is 11.3 Å². The van der Waals surface area contributed by atoms with E-state index in [1.807, 2.05) is 25.3 Å². The van der Waals surface area contributed by atoms with Crippen LogP contribution in [-0.2, 0) is 4.79 Å². The van der Waals surface area contributed by atoms with Crippen LogP contribution in [-0.4, -0.2) is 29.5 Å². The lowest BCUT2D eigenvalue weighted by molar-refractivity contribution is -0.125. The van der Waals surface area contributed by atoms with Crippen LogP contribution in [0.25, 0.3) is 11.3 Å². The maximum absolute atomic E-state index is 12.3. The van der Waals surface area contributed by atoms with Crippen molar-refractivity contribution in [3.05, 3.63) is 34.7 Å². The number of urea groups is 1. The van der Waals surface area contributed by atoms with Gasteiger partial charge in [-0.25, -0.2) is 4.79 Å². The number of thiophene rings is 1. The number of nitrogens with one attached hydrogen (secondary N) is 3. The number of nitrogens with zero attached hydrogens (tertiary/aromatic N) is 1. The summed E-state index contributed by atoms with van der Waals surface area (Å²) in [5.74, 6) is -0.0267. The monoisotopic (exact) mass is 344 g/mol. The topological polar surface area (TPSA) is 83.1 Å². The smallest absolute Gasteiger partial charge is 0.319 e. The van der Waals surface area contributed by atoms with Gasteiger partial charge in [-0.05, 0) is 37.5 Å². The van der Waals surface area contributed by atoms with E-state index in [-0.39, 0.29) is 11.8 Å². The molecule has 1 fully saturated rings. The Morgan fingerprint density at radius 1 is 1.46 bits per heavy atom. The number of aromatic nitrogens is 1. The van der Waals surface area contributed by atoms with Gasteiger partial charge in [0.2, 0.25) is 5.91 Å². The SMILES string of the molecule is Cc1cc(-c2ncccc2NC(=O)NC2C(=O)NCCC2C)cs1. The van der Waals surface area contributed by atoms with Gasteiger partial charge < -0.3 is 16.0 Å². The number of aryl methyl sites for hydroxylation is 1. The number of rotatable bonds is 3. The summed E-state index contributed by atoms with van der Waals surface area (Å²) in [4.78, 5) is 29.8. The summed E-state index contributed by atoms with van der Waals surface area (Å²) in [6, 6.07) is 4.70. The quantitative estimate of drug-likeness (QED) is 0.800. The van der Waals surface area contributed by atoms with Gasteiger partial charge in [0.25, 0.3) is 0 Å². The summed E-state index contributed by atoms with van der Waals surface area (Å²) in [5, 5.41) is 10.4. The van der Waals surface area contributed by atoms with E-state index in [1.54, 1.807) is 29.7 Å². The summed E-state index contributed by atoms with van der Waals surface area (Å²) in [7, 11) is 0. The fourth-order valence-corrected chi connectivity index (χ4v) is 3.46. The minimum atomic E-state index is -0.512. The molecule has 3 rings (SSSR count). The molecule has 1 saturated heterocycles. The Balaban J connectivity index is 1.74. The van der Waals surface area contributed by atoms with Crippen LogP contribution in [0.2, 0.25) is 0 Å². The summed E-state index contributed by atoms with van der Waals surface area (Å²) < 4.78 is 0. The number of hydrogen-bond acceptors (Lipinski definition) is 4. The third-order valence-electron chi connectivity index (χ3n) is 4.10. The van der Waals surface area contributed by atoms with E-state index < -0.39 is 12.1 Å². The molecule has 2 aromatic rings. The number of carbonyl (C=O) groups is 2. The zero-order chi connectivity index (χ0) is 17.1. The van der Waals surface area contributed by atoms with E-state index in [9.17, 15) is 9.59 Å². The molecule has 0 spiro atoms. The van der Waals surface area contributed by atoms with Crippen LogP contribution in [0.4, 0.5) is 10.5 Å². The Labute approximate surface area is 144 Å². The fraction of sp³-hybridized carbons (Fsp3) is 0.353. The first kappa shape index (κ1) is 16.4. The van der Waals surface area contributed by atoms with Gasteiger partial charge in [0.1, 0.15) is 6.04 Å². The number of pyridine rings is 1. The molecule has 3 amide bonds. The molecule has 2 unspecified atom stereocenters. The Morgan fingerprint density at radius 3 is 3.00 bits per heavy atom. The maximum atomic E-state index is 12.3. The van der Waals surface area contributed by atoms with Gasteiger partial charge in [-0.2, -0.15) is 0 Å². The van der Waals surface area contributed by atoms with Crippen LogP contribution in [0.5, 0.6) is 0 Å². The molecule has 24 heavy (non-hydrogen) atoms. The van der Waals surface area contributed by atoms with Crippen molar-refractivity contribution in [3.63, 3.8) is 0 Å². The minimum Gasteiger partial charge on any atom is -0.354 e. The molecule has 0 saturated carbocycles. The second-order valence-corrected chi connectivity index (χ2v) is 7.09. The van der Waals surface area contributed by atoms with Gasteiger partial charge >= 0.3 is 6.03 Å². The van der Waals surface area contributed by atoms with Crippen molar-refractivity contribution >= 4 is 29.0 Å². The van der Waals surface area contributed by atoms with Crippen LogP contribution >= 0.6 is 11.3 Å². The summed E-state index contributed by atoms with van der Waals surface area (Å²) in [6.07, 6.45) is 2.55. The van der Waals surface area contributed by atoms with E-state index in [2.05, 4.69) is 20.9 Å². The molecule has 1 aliphatic heterocycles. The van der Waals surface area contributed by atoms with Crippen molar-refractivity contribution in [2.75, 3.05) is 11.9 Å². The van der Waals surface area contributed by atoms with Gasteiger partial charge in [-0.1, -0.05) is 6.92 Å². The van der Waals surface area contributed by atoms with Crippen LogP contribution in [0, 0.1) is 12.8 Å². The predicted molar refractivity (Wildman–Crippen MR) is 95.0 cm³/mol. The molecule has 3 heterocycles. The largest absolute Gasteiger partial charge is 0.354 e. The molecule has 6 nitrogen and oxygen atoms in total. The average molecular weight is 344 g/mol. The number of piperidine rings is 1. The molecule has 7 heteroatoms. The average Bonchev–Trinajstić information content (AvgIpc) is 2.98. The third-order valence-corrected chi connectivity index (χ3v) is 4.96. The van der Waals surface area contributed by atoms with Gasteiger partial charge in [0.05, 0.1) is 11.4 Å². The van der Waals surface area contributed by atoms with Crippen molar-refractivity contribution in [1.29, 1.82) is 0 Å². The molecule has 126 valence electrons. The normalized spacial score (nSPS) is 20.3. The Bertz CT molecular complexity index is 759. The maximum Gasteiger partial charge on any atom is 0.319 e. The summed E-state index contributed by atoms with van der Waals surface area (Å²) in [5.41, 5.74) is 2.31. The van der Waals surface area contributed by atoms with Crippen molar-refractivity contribution < 1.29 is 9.59 Å². The second kappa shape index (κ2) is 7.00. The molecular formula is C17H20N4O2S. The zero-order valence-corrected chi connectivity index (χ0v) is 14.4. The molecule has 1 aliphatic rings. The first-order valence-corrected chi connectivity index (χ1v) is 8.78. The van der Waals surface area contributed by atoms with Crippen molar-refractivity contribution in [3.8, 4) is 11.3 Å². The zero-order valence-electron chi connectivity index (χ0n) is 13.6. The molecule has 3 N–H and O–H groups in total. The molecular weight excluding hydrogens is 324 g/mol. The fourth-order valence-electron chi connectivity index (χ4n) is 2.77. The lowest BCUT2D eigenvalue weighted by atomic mass is 9.94. The Morgan fingerprint density at radius 2 is 2.29 bits per heavy atom. The van der Waals surface area contributed by atoms with Crippen LogP contribution < -0.4 is 16.0 Å². The highest BCUT2D eigenvalue weighted by Crippen LogP contribution is 2.29. The van der Waals surface area contributed by atoms with E-state index in [0.29, 0.717) is 12.2 Å². The molecule has 0 bridgehead atoms. The number of anilines is 1. The predicted octanol–water partition coefficient (Wildman–Crippen LogP) is 2.76. The standard InChI is InChI=1S/C17H20N4O2S/c1-10-5-7-19-16(22)14(10)21-17(23)20-13-4-3-6-18-15(13)12-8-11(2)24-9-12/h3-4,6,8-10,14H,5,7H2,1-2H3,(H,19,22)(H2,20,21,23). The van der Waals surface area contributed by atoms with Gasteiger partial charge in [-0.3, -0.25) is 9.78 Å². The first-order valence-electron chi connectivity index (χ1n) is 7.90.